The number of halogens is 1. The molecule has 0 N–H and O–H groups in total. The van der Waals surface area contributed by atoms with Gasteiger partial charge >= 0.3 is 5.97 Å². The van der Waals surface area contributed by atoms with E-state index in [9.17, 15) is 4.79 Å². The van der Waals surface area contributed by atoms with Crippen molar-refractivity contribution in [2.75, 3.05) is 26.2 Å². The van der Waals surface area contributed by atoms with E-state index >= 15 is 0 Å². The van der Waals surface area contributed by atoms with Gasteiger partial charge in [0.1, 0.15) is 0 Å². The molecule has 0 saturated carbocycles. The Morgan fingerprint density at radius 3 is 2.89 bits per heavy atom. The van der Waals surface area contributed by atoms with Crippen LogP contribution in [0.1, 0.15) is 35.9 Å². The van der Waals surface area contributed by atoms with Gasteiger partial charge in [0.15, 0.2) is 5.69 Å². The van der Waals surface area contributed by atoms with Crippen LogP contribution in [-0.2, 0) is 22.4 Å². The summed E-state index contributed by atoms with van der Waals surface area (Å²) in [6, 6.07) is 1.79. The second-order valence-corrected chi connectivity index (χ2v) is 4.48. The maximum atomic E-state index is 11.7. The molecule has 1 aromatic heterocycles. The number of ether oxygens (including phenoxy) is 2. The van der Waals surface area contributed by atoms with E-state index in [1.165, 1.54) is 0 Å². The number of esters is 1. The molecule has 1 heterocycles. The third-order valence-corrected chi connectivity index (χ3v) is 2.94. The Labute approximate surface area is 118 Å². The Balaban J connectivity index is 2.75. The van der Waals surface area contributed by atoms with Crippen molar-refractivity contribution in [3.8, 4) is 0 Å². The number of alkyl halides is 1. The summed E-state index contributed by atoms with van der Waals surface area (Å²) in [4.78, 5) is 11.7. The van der Waals surface area contributed by atoms with Gasteiger partial charge in [-0.2, -0.15) is 5.10 Å². The standard InChI is InChI=1S/C13H21ClN2O3/c1-3-19-13(17)12-10-11(6-4-5-7-14)16(15-12)8-9-18-2/h10H,3-9H2,1-2H3. The Bertz CT molecular complexity index is 393. The third-order valence-electron chi connectivity index (χ3n) is 2.67. The zero-order valence-electron chi connectivity index (χ0n) is 11.5. The number of aryl methyl sites for hydroxylation is 1. The average molecular weight is 289 g/mol. The highest BCUT2D eigenvalue weighted by Gasteiger charge is 2.14. The summed E-state index contributed by atoms with van der Waals surface area (Å²) in [7, 11) is 1.64. The molecule has 0 spiro atoms. The molecule has 0 aliphatic heterocycles. The first-order valence-corrected chi connectivity index (χ1v) is 7.05. The van der Waals surface area contributed by atoms with Crippen molar-refractivity contribution in [3.63, 3.8) is 0 Å². The summed E-state index contributed by atoms with van der Waals surface area (Å²) in [5.74, 6) is 0.272. The van der Waals surface area contributed by atoms with E-state index < -0.39 is 0 Å². The van der Waals surface area contributed by atoms with E-state index in [1.807, 2.05) is 4.68 Å². The lowest BCUT2D eigenvalue weighted by Crippen LogP contribution is -2.11. The minimum Gasteiger partial charge on any atom is -0.461 e. The number of hydrogen-bond acceptors (Lipinski definition) is 4. The van der Waals surface area contributed by atoms with Crippen molar-refractivity contribution < 1.29 is 14.3 Å². The number of unbranched alkanes of at least 4 members (excludes halogenated alkanes) is 1. The van der Waals surface area contributed by atoms with E-state index in [0.717, 1.165) is 25.0 Å². The minimum atomic E-state index is -0.378. The molecule has 19 heavy (non-hydrogen) atoms. The van der Waals surface area contributed by atoms with Gasteiger partial charge in [-0.05, 0) is 32.3 Å². The second kappa shape index (κ2) is 8.93. The van der Waals surface area contributed by atoms with E-state index in [1.54, 1.807) is 20.1 Å². The van der Waals surface area contributed by atoms with Crippen molar-refractivity contribution >= 4 is 17.6 Å². The second-order valence-electron chi connectivity index (χ2n) is 4.10. The molecule has 0 radical (unpaired) electrons. The van der Waals surface area contributed by atoms with Crippen molar-refractivity contribution in [2.45, 2.75) is 32.7 Å². The molecule has 1 aromatic rings. The molecule has 0 saturated heterocycles. The van der Waals surface area contributed by atoms with Gasteiger partial charge in [-0.3, -0.25) is 4.68 Å². The van der Waals surface area contributed by atoms with Crippen LogP contribution < -0.4 is 0 Å². The van der Waals surface area contributed by atoms with Crippen LogP contribution in [0.25, 0.3) is 0 Å². The highest BCUT2D eigenvalue weighted by molar-refractivity contribution is 6.17. The summed E-state index contributed by atoms with van der Waals surface area (Å²) in [6.45, 7) is 3.32. The maximum absolute atomic E-state index is 11.7. The summed E-state index contributed by atoms with van der Waals surface area (Å²) in [5.41, 5.74) is 1.38. The molecule has 0 aliphatic rings. The summed E-state index contributed by atoms with van der Waals surface area (Å²) in [6.07, 6.45) is 2.78. The van der Waals surface area contributed by atoms with Crippen LogP contribution in [0.4, 0.5) is 0 Å². The lowest BCUT2D eigenvalue weighted by Gasteiger charge is -2.05. The first-order valence-electron chi connectivity index (χ1n) is 6.51. The zero-order chi connectivity index (χ0) is 14.1. The molecule has 1 rings (SSSR count). The van der Waals surface area contributed by atoms with Gasteiger partial charge in [0.25, 0.3) is 0 Å². The summed E-state index contributed by atoms with van der Waals surface area (Å²) >= 11 is 5.67. The molecule has 0 fully saturated rings. The van der Waals surface area contributed by atoms with Gasteiger partial charge < -0.3 is 9.47 Å². The smallest absolute Gasteiger partial charge is 0.358 e. The number of aromatic nitrogens is 2. The Kier molecular flexibility index (Phi) is 7.52. The van der Waals surface area contributed by atoms with Crippen molar-refractivity contribution in [3.05, 3.63) is 17.5 Å². The first kappa shape index (κ1) is 16.0. The molecule has 6 heteroatoms. The number of carbonyl (C=O) groups is 1. The fourth-order valence-electron chi connectivity index (χ4n) is 1.73. The van der Waals surface area contributed by atoms with Crippen molar-refractivity contribution in [1.82, 2.24) is 9.78 Å². The number of rotatable bonds is 9. The van der Waals surface area contributed by atoms with Gasteiger partial charge in [-0.1, -0.05) is 0 Å². The lowest BCUT2D eigenvalue weighted by molar-refractivity contribution is 0.0518. The number of hydrogen-bond donors (Lipinski definition) is 0. The largest absolute Gasteiger partial charge is 0.461 e. The molecule has 0 amide bonds. The molecule has 0 atom stereocenters. The van der Waals surface area contributed by atoms with Gasteiger partial charge in [0.05, 0.1) is 19.8 Å². The molecule has 5 nitrogen and oxygen atoms in total. The van der Waals surface area contributed by atoms with E-state index in [0.29, 0.717) is 31.3 Å². The van der Waals surface area contributed by atoms with Crippen LogP contribution in [0.3, 0.4) is 0 Å². The van der Waals surface area contributed by atoms with Crippen LogP contribution in [0.2, 0.25) is 0 Å². The monoisotopic (exact) mass is 288 g/mol. The predicted molar refractivity (Wildman–Crippen MR) is 73.7 cm³/mol. The van der Waals surface area contributed by atoms with Gasteiger partial charge in [-0.15, -0.1) is 11.6 Å². The minimum absolute atomic E-state index is 0.353. The van der Waals surface area contributed by atoms with E-state index in [4.69, 9.17) is 21.1 Å². The topological polar surface area (TPSA) is 53.4 Å². The predicted octanol–water partition coefficient (Wildman–Crippen LogP) is 2.27. The third kappa shape index (κ3) is 5.20. The summed E-state index contributed by atoms with van der Waals surface area (Å²) in [5, 5.41) is 4.27. The Hall–Kier alpha value is -1.07. The Morgan fingerprint density at radius 2 is 2.26 bits per heavy atom. The molecular weight excluding hydrogens is 268 g/mol. The fourth-order valence-corrected chi connectivity index (χ4v) is 1.92. The van der Waals surface area contributed by atoms with Crippen LogP contribution >= 0.6 is 11.6 Å². The number of methoxy groups -OCH3 is 1. The quantitative estimate of drug-likeness (QED) is 0.397. The maximum Gasteiger partial charge on any atom is 0.358 e. The number of nitrogens with zero attached hydrogens (tertiary/aromatic N) is 2. The van der Waals surface area contributed by atoms with Crippen LogP contribution in [-0.4, -0.2) is 42.0 Å². The molecule has 0 bridgehead atoms. The van der Waals surface area contributed by atoms with Crippen molar-refractivity contribution in [1.29, 1.82) is 0 Å². The van der Waals surface area contributed by atoms with Crippen molar-refractivity contribution in [2.24, 2.45) is 0 Å². The van der Waals surface area contributed by atoms with Gasteiger partial charge in [0, 0.05) is 18.7 Å². The molecule has 108 valence electrons. The van der Waals surface area contributed by atoms with E-state index in [2.05, 4.69) is 5.10 Å². The molecule has 0 aromatic carbocycles. The van der Waals surface area contributed by atoms with Crippen LogP contribution in [0.15, 0.2) is 6.07 Å². The molecule has 0 unspecified atom stereocenters. The molecular formula is C13H21ClN2O3. The Morgan fingerprint density at radius 1 is 1.47 bits per heavy atom. The number of carbonyl (C=O) groups excluding carboxylic acids is 1. The van der Waals surface area contributed by atoms with Crippen LogP contribution in [0.5, 0.6) is 0 Å². The SMILES string of the molecule is CCOC(=O)c1cc(CCCCCl)n(CCOC)n1. The summed E-state index contributed by atoms with van der Waals surface area (Å²) < 4.78 is 11.8. The van der Waals surface area contributed by atoms with E-state index in [-0.39, 0.29) is 5.97 Å². The van der Waals surface area contributed by atoms with Crippen LogP contribution in [0, 0.1) is 0 Å². The van der Waals surface area contributed by atoms with Gasteiger partial charge in [-0.25, -0.2) is 4.79 Å². The highest BCUT2D eigenvalue weighted by Crippen LogP contribution is 2.10. The lowest BCUT2D eigenvalue weighted by atomic mass is 10.2. The van der Waals surface area contributed by atoms with Gasteiger partial charge in [0.2, 0.25) is 0 Å². The first-order chi connectivity index (χ1) is 9.22. The average Bonchev–Trinajstić information content (AvgIpc) is 2.80. The molecule has 0 aliphatic carbocycles. The highest BCUT2D eigenvalue weighted by atomic mass is 35.5. The normalized spacial score (nSPS) is 10.7. The fraction of sp³-hybridized carbons (Fsp3) is 0.692. The zero-order valence-corrected chi connectivity index (χ0v) is 12.3.